The van der Waals surface area contributed by atoms with Gasteiger partial charge in [0.15, 0.2) is 0 Å². The van der Waals surface area contributed by atoms with E-state index >= 15 is 0 Å². The van der Waals surface area contributed by atoms with E-state index in [-0.39, 0.29) is 0 Å². The van der Waals surface area contributed by atoms with Crippen molar-refractivity contribution in [3.63, 3.8) is 0 Å². The van der Waals surface area contributed by atoms with E-state index in [0.717, 1.165) is 35.5 Å². The number of rotatable bonds is 4. The fraction of sp³-hybridized carbons (Fsp3) is 0.815. The van der Waals surface area contributed by atoms with Crippen LogP contribution in [-0.2, 0) is 12.8 Å². The molecule has 0 saturated heterocycles. The Morgan fingerprint density at radius 2 is 0.893 bits per heavy atom. The second-order valence-electron chi connectivity index (χ2n) is 12.8. The van der Waals surface area contributed by atoms with Crippen molar-refractivity contribution in [2.75, 3.05) is 0 Å². The third-order valence-corrected chi connectivity index (χ3v) is 10.3. The van der Waals surface area contributed by atoms with Crippen molar-refractivity contribution >= 4 is 0 Å². The van der Waals surface area contributed by atoms with Crippen molar-refractivity contribution < 1.29 is 0 Å². The van der Waals surface area contributed by atoms with Crippen molar-refractivity contribution in [1.82, 2.24) is 4.98 Å². The number of nitrogens with zero attached hydrogens (tertiary/aromatic N) is 1. The maximum absolute atomic E-state index is 5.32. The molecule has 0 unspecified atom stereocenters. The molecule has 0 aromatic carbocycles. The Morgan fingerprint density at radius 1 is 0.571 bits per heavy atom. The van der Waals surface area contributed by atoms with E-state index < -0.39 is 0 Å². The van der Waals surface area contributed by atoms with Crippen LogP contribution in [0.3, 0.4) is 0 Å². The summed E-state index contributed by atoms with van der Waals surface area (Å²) in [6, 6.07) is 7.07. The fourth-order valence-corrected chi connectivity index (χ4v) is 10.5. The van der Waals surface area contributed by atoms with Gasteiger partial charge in [0.05, 0.1) is 0 Å². The quantitative estimate of drug-likeness (QED) is 0.578. The van der Waals surface area contributed by atoms with Gasteiger partial charge in [-0.1, -0.05) is 6.07 Å². The minimum atomic E-state index is 0.626. The Morgan fingerprint density at radius 3 is 1.21 bits per heavy atom. The molecule has 0 radical (unpaired) electrons. The first kappa shape index (κ1) is 16.9. The summed E-state index contributed by atoms with van der Waals surface area (Å²) in [5.41, 5.74) is 4.12. The van der Waals surface area contributed by atoms with Gasteiger partial charge in [0.2, 0.25) is 0 Å². The lowest BCUT2D eigenvalue weighted by Gasteiger charge is -2.57. The maximum atomic E-state index is 5.32. The van der Waals surface area contributed by atoms with E-state index in [1.807, 2.05) is 0 Å². The molecule has 8 fully saturated rings. The molecule has 0 atom stereocenters. The molecule has 1 heterocycles. The van der Waals surface area contributed by atoms with Crippen LogP contribution in [0.15, 0.2) is 18.2 Å². The Hall–Kier alpha value is -0.850. The lowest BCUT2D eigenvalue weighted by molar-refractivity contribution is -0.0537. The smallest absolute Gasteiger partial charge is 0.0412 e. The van der Waals surface area contributed by atoms with Crippen molar-refractivity contribution in [3.8, 4) is 0 Å². The minimum Gasteiger partial charge on any atom is -0.258 e. The standard InChI is InChI=1S/C27H37N/c1-2-24(16-26-10-18-4-19(11-26)6-20(5-18)12-26)28-25(3-1)17-27-13-21-7-22(14-27)9-23(8-21)15-27/h1-3,18-23H,4-17H2. The first-order valence-electron chi connectivity index (χ1n) is 12.6. The maximum Gasteiger partial charge on any atom is 0.0412 e. The summed E-state index contributed by atoms with van der Waals surface area (Å²) in [5, 5.41) is 0. The Kier molecular flexibility index (Phi) is 3.53. The van der Waals surface area contributed by atoms with Gasteiger partial charge in [0, 0.05) is 11.4 Å². The average Bonchev–Trinajstić information content (AvgIpc) is 2.58. The second kappa shape index (κ2) is 5.86. The zero-order chi connectivity index (χ0) is 18.3. The molecular weight excluding hydrogens is 338 g/mol. The van der Waals surface area contributed by atoms with Gasteiger partial charge in [0.1, 0.15) is 0 Å². The summed E-state index contributed by atoms with van der Waals surface area (Å²) in [6.07, 6.45) is 21.0. The molecule has 8 saturated carbocycles. The van der Waals surface area contributed by atoms with Crippen LogP contribution in [-0.4, -0.2) is 4.98 Å². The summed E-state index contributed by atoms with van der Waals surface area (Å²) in [5.74, 6) is 6.34. The van der Waals surface area contributed by atoms with E-state index in [4.69, 9.17) is 4.98 Å². The number of pyridine rings is 1. The molecule has 0 N–H and O–H groups in total. The molecule has 1 aromatic heterocycles. The van der Waals surface area contributed by atoms with Crippen LogP contribution >= 0.6 is 0 Å². The van der Waals surface area contributed by atoms with Gasteiger partial charge in [-0.15, -0.1) is 0 Å². The van der Waals surface area contributed by atoms with E-state index in [9.17, 15) is 0 Å². The minimum absolute atomic E-state index is 0.626. The molecule has 0 aliphatic heterocycles. The zero-order valence-corrected chi connectivity index (χ0v) is 17.5. The second-order valence-corrected chi connectivity index (χ2v) is 12.8. The van der Waals surface area contributed by atoms with Crippen LogP contribution in [0, 0.1) is 46.3 Å². The fourth-order valence-electron chi connectivity index (χ4n) is 10.5. The van der Waals surface area contributed by atoms with Gasteiger partial charge in [-0.3, -0.25) is 4.98 Å². The van der Waals surface area contributed by atoms with Crippen LogP contribution in [0.4, 0.5) is 0 Å². The Bertz CT molecular complexity index is 644. The molecule has 1 nitrogen and oxygen atoms in total. The summed E-state index contributed by atoms with van der Waals surface area (Å²) in [6.45, 7) is 0. The Balaban J connectivity index is 1.12. The van der Waals surface area contributed by atoms with Crippen LogP contribution < -0.4 is 0 Å². The largest absolute Gasteiger partial charge is 0.258 e. The van der Waals surface area contributed by atoms with Crippen LogP contribution in [0.5, 0.6) is 0 Å². The average molecular weight is 376 g/mol. The van der Waals surface area contributed by atoms with Gasteiger partial charge >= 0.3 is 0 Å². The van der Waals surface area contributed by atoms with E-state index in [1.54, 1.807) is 38.5 Å². The number of hydrogen-bond donors (Lipinski definition) is 0. The monoisotopic (exact) mass is 375 g/mol. The van der Waals surface area contributed by atoms with Crippen LogP contribution in [0.1, 0.15) is 88.4 Å². The SMILES string of the molecule is c1cc(CC23CC4CC(CC(C4)C2)C3)nc(CC23CC4CC(CC(C4)C2)C3)c1. The highest BCUT2D eigenvalue weighted by atomic mass is 14.7. The van der Waals surface area contributed by atoms with E-state index in [0.29, 0.717) is 10.8 Å². The van der Waals surface area contributed by atoms with Crippen LogP contribution in [0.2, 0.25) is 0 Å². The predicted molar refractivity (Wildman–Crippen MR) is 113 cm³/mol. The van der Waals surface area contributed by atoms with E-state index in [2.05, 4.69) is 18.2 Å². The highest BCUT2D eigenvalue weighted by Gasteiger charge is 2.52. The molecule has 150 valence electrons. The van der Waals surface area contributed by atoms with Crippen molar-refractivity contribution in [2.24, 2.45) is 46.3 Å². The molecule has 1 heteroatoms. The number of aromatic nitrogens is 1. The third kappa shape index (κ3) is 2.74. The normalized spacial score (nSPS) is 50.4. The highest BCUT2D eigenvalue weighted by molar-refractivity contribution is 5.17. The topological polar surface area (TPSA) is 12.9 Å². The first-order chi connectivity index (χ1) is 13.6. The molecule has 1 aromatic rings. The van der Waals surface area contributed by atoms with Gasteiger partial charge in [-0.2, -0.15) is 0 Å². The molecule has 28 heavy (non-hydrogen) atoms. The third-order valence-electron chi connectivity index (χ3n) is 10.3. The van der Waals surface area contributed by atoms with E-state index in [1.165, 1.54) is 62.8 Å². The van der Waals surface area contributed by atoms with Crippen LogP contribution in [0.25, 0.3) is 0 Å². The van der Waals surface area contributed by atoms with Crippen molar-refractivity contribution in [3.05, 3.63) is 29.6 Å². The highest BCUT2D eigenvalue weighted by Crippen LogP contribution is 2.62. The first-order valence-corrected chi connectivity index (χ1v) is 12.6. The molecule has 8 bridgehead atoms. The summed E-state index contributed by atoms with van der Waals surface area (Å²) < 4.78 is 0. The predicted octanol–water partition coefficient (Wildman–Crippen LogP) is 6.60. The van der Waals surface area contributed by atoms with Gasteiger partial charge < -0.3 is 0 Å². The van der Waals surface area contributed by atoms with Gasteiger partial charge in [0.25, 0.3) is 0 Å². The lowest BCUT2D eigenvalue weighted by Crippen LogP contribution is -2.47. The van der Waals surface area contributed by atoms with Gasteiger partial charge in [-0.05, 0) is 148 Å². The Labute approximate surface area is 171 Å². The molecule has 0 amide bonds. The summed E-state index contributed by atoms with van der Waals surface area (Å²) in [7, 11) is 0. The molecule has 8 aliphatic carbocycles. The van der Waals surface area contributed by atoms with Gasteiger partial charge in [-0.25, -0.2) is 0 Å². The number of hydrogen-bond acceptors (Lipinski definition) is 1. The lowest BCUT2D eigenvalue weighted by atomic mass is 9.48. The van der Waals surface area contributed by atoms with Crippen molar-refractivity contribution in [2.45, 2.75) is 89.9 Å². The summed E-state index contributed by atoms with van der Waals surface area (Å²) >= 11 is 0. The van der Waals surface area contributed by atoms with Crippen molar-refractivity contribution in [1.29, 1.82) is 0 Å². The molecule has 9 rings (SSSR count). The molecular formula is C27H37N. The molecule has 0 spiro atoms. The summed E-state index contributed by atoms with van der Waals surface area (Å²) in [4.78, 5) is 5.32. The zero-order valence-electron chi connectivity index (χ0n) is 17.5. The molecule has 8 aliphatic rings.